The summed E-state index contributed by atoms with van der Waals surface area (Å²) in [5.74, 6) is 0.838. The maximum atomic E-state index is 13.6. The zero-order valence-corrected chi connectivity index (χ0v) is 17.8. The summed E-state index contributed by atoms with van der Waals surface area (Å²) in [5.41, 5.74) is 6.96. The number of rotatable bonds is 2. The highest BCUT2D eigenvalue weighted by Gasteiger charge is 2.22. The van der Waals surface area contributed by atoms with Crippen molar-refractivity contribution in [1.29, 1.82) is 0 Å². The quantitative estimate of drug-likeness (QED) is 0.438. The number of halogens is 1. The van der Waals surface area contributed by atoms with E-state index in [1.165, 1.54) is 41.8 Å². The number of aromatic amines is 1. The molecule has 5 heteroatoms. The highest BCUT2D eigenvalue weighted by atomic mass is 19.1. The van der Waals surface area contributed by atoms with Gasteiger partial charge in [-0.3, -0.25) is 0 Å². The minimum absolute atomic E-state index is 0.195. The van der Waals surface area contributed by atoms with Gasteiger partial charge in [0.25, 0.3) is 0 Å². The number of benzene rings is 2. The Kier molecular flexibility index (Phi) is 4.97. The van der Waals surface area contributed by atoms with Gasteiger partial charge in [0.05, 0.1) is 5.69 Å². The van der Waals surface area contributed by atoms with Crippen LogP contribution in [0, 0.1) is 12.7 Å². The number of piperidine rings is 1. The zero-order chi connectivity index (χ0) is 20.7. The van der Waals surface area contributed by atoms with Gasteiger partial charge in [-0.25, -0.2) is 9.38 Å². The molecule has 0 amide bonds. The van der Waals surface area contributed by atoms with Crippen molar-refractivity contribution in [3.8, 4) is 0 Å². The lowest BCUT2D eigenvalue weighted by Crippen LogP contribution is -2.34. The van der Waals surface area contributed by atoms with Crippen molar-refractivity contribution < 1.29 is 4.39 Å². The summed E-state index contributed by atoms with van der Waals surface area (Å²) in [7, 11) is 0. The second-order valence-electron chi connectivity index (χ2n) is 8.62. The highest BCUT2D eigenvalue weighted by Crippen LogP contribution is 2.30. The Labute approximate surface area is 177 Å². The van der Waals surface area contributed by atoms with E-state index in [9.17, 15) is 4.39 Å². The van der Waals surface area contributed by atoms with E-state index in [1.54, 1.807) is 12.1 Å². The predicted molar refractivity (Wildman–Crippen MR) is 122 cm³/mol. The molecule has 1 fully saturated rings. The number of amidine groups is 1. The Morgan fingerprint density at radius 1 is 1.03 bits per heavy atom. The number of nitrogens with one attached hydrogen (secondary N) is 1. The Bertz CT molecular complexity index is 1110. The van der Waals surface area contributed by atoms with E-state index in [1.807, 2.05) is 6.07 Å². The number of aromatic nitrogens is 1. The summed E-state index contributed by atoms with van der Waals surface area (Å²) >= 11 is 0. The third kappa shape index (κ3) is 3.57. The van der Waals surface area contributed by atoms with Gasteiger partial charge in [-0.2, -0.15) is 0 Å². The second-order valence-corrected chi connectivity index (χ2v) is 8.62. The fourth-order valence-electron chi connectivity index (χ4n) is 4.83. The van der Waals surface area contributed by atoms with Crippen molar-refractivity contribution in [2.75, 3.05) is 24.5 Å². The number of hydrogen-bond donors (Lipinski definition) is 1. The number of nitrogens with zero attached hydrogens (tertiary/aromatic N) is 3. The van der Waals surface area contributed by atoms with E-state index in [2.05, 4.69) is 46.8 Å². The molecule has 2 aromatic carbocycles. The molecule has 0 aliphatic carbocycles. The van der Waals surface area contributed by atoms with Crippen LogP contribution in [0.2, 0.25) is 0 Å². The standard InChI is InChI=1S/C25H29FN4/c1-17-14-20(29-11-4-3-5-12-29)7-9-23(17)27-18(2)30-13-10-24-22(16-30)21-8-6-19(26)15-25(21)28-24/h6-9,14-15,28H,3-5,10-13,16H2,1-2H3. The summed E-state index contributed by atoms with van der Waals surface area (Å²) in [4.78, 5) is 13.2. The van der Waals surface area contributed by atoms with Crippen LogP contribution in [0.1, 0.15) is 43.0 Å². The largest absolute Gasteiger partial charge is 0.372 e. The van der Waals surface area contributed by atoms with Crippen molar-refractivity contribution in [3.63, 3.8) is 0 Å². The molecule has 0 radical (unpaired) electrons. The molecule has 2 aliphatic rings. The number of aryl methyl sites for hydroxylation is 1. The molecule has 0 bridgehead atoms. The molecule has 3 heterocycles. The maximum Gasteiger partial charge on any atom is 0.125 e. The van der Waals surface area contributed by atoms with Crippen LogP contribution in [0.25, 0.3) is 10.9 Å². The summed E-state index contributed by atoms with van der Waals surface area (Å²) < 4.78 is 13.6. The van der Waals surface area contributed by atoms with E-state index < -0.39 is 0 Å². The molecule has 2 aliphatic heterocycles. The summed E-state index contributed by atoms with van der Waals surface area (Å²) in [6.45, 7) is 8.29. The van der Waals surface area contributed by atoms with Crippen LogP contribution in [0.15, 0.2) is 41.4 Å². The monoisotopic (exact) mass is 404 g/mol. The normalized spacial score (nSPS) is 17.5. The van der Waals surface area contributed by atoms with Crippen LogP contribution in [0.4, 0.5) is 15.8 Å². The number of fused-ring (bicyclic) bond motifs is 3. The summed E-state index contributed by atoms with van der Waals surface area (Å²) in [6, 6.07) is 11.7. The lowest BCUT2D eigenvalue weighted by atomic mass is 10.0. The Hall–Kier alpha value is -2.82. The topological polar surface area (TPSA) is 34.6 Å². The van der Waals surface area contributed by atoms with Gasteiger partial charge in [-0.1, -0.05) is 0 Å². The van der Waals surface area contributed by atoms with Crippen LogP contribution < -0.4 is 4.90 Å². The molecule has 0 unspecified atom stereocenters. The lowest BCUT2D eigenvalue weighted by Gasteiger charge is -2.30. The van der Waals surface area contributed by atoms with Gasteiger partial charge < -0.3 is 14.8 Å². The van der Waals surface area contributed by atoms with Crippen molar-refractivity contribution >= 4 is 28.1 Å². The molecular weight excluding hydrogens is 375 g/mol. The zero-order valence-electron chi connectivity index (χ0n) is 17.8. The first-order valence-electron chi connectivity index (χ1n) is 11.0. The molecule has 1 aromatic heterocycles. The van der Waals surface area contributed by atoms with Gasteiger partial charge >= 0.3 is 0 Å². The molecular formula is C25H29FN4. The SMILES string of the molecule is CC(=Nc1ccc(N2CCCCC2)cc1C)N1CCc2[nH]c3cc(F)ccc3c2C1. The van der Waals surface area contributed by atoms with E-state index in [-0.39, 0.29) is 5.82 Å². The van der Waals surface area contributed by atoms with Gasteiger partial charge in [0.2, 0.25) is 0 Å². The predicted octanol–water partition coefficient (Wildman–Crippen LogP) is 5.71. The molecule has 5 rings (SSSR count). The van der Waals surface area contributed by atoms with E-state index in [0.717, 1.165) is 55.0 Å². The lowest BCUT2D eigenvalue weighted by molar-refractivity contribution is 0.391. The first-order chi connectivity index (χ1) is 14.6. The molecule has 30 heavy (non-hydrogen) atoms. The maximum absolute atomic E-state index is 13.6. The van der Waals surface area contributed by atoms with Crippen molar-refractivity contribution in [3.05, 3.63) is 59.0 Å². The molecule has 156 valence electrons. The first kappa shape index (κ1) is 19.2. The van der Waals surface area contributed by atoms with Crippen LogP contribution in [0.3, 0.4) is 0 Å². The van der Waals surface area contributed by atoms with Crippen LogP contribution in [0.5, 0.6) is 0 Å². The number of H-pyrrole nitrogens is 1. The fourth-order valence-corrected chi connectivity index (χ4v) is 4.83. The van der Waals surface area contributed by atoms with Crippen molar-refractivity contribution in [2.24, 2.45) is 4.99 Å². The number of anilines is 1. The van der Waals surface area contributed by atoms with Crippen LogP contribution in [-0.4, -0.2) is 35.4 Å². The highest BCUT2D eigenvalue weighted by molar-refractivity contribution is 5.87. The van der Waals surface area contributed by atoms with Gasteiger partial charge in [0.1, 0.15) is 11.7 Å². The van der Waals surface area contributed by atoms with Crippen molar-refractivity contribution in [1.82, 2.24) is 9.88 Å². The molecule has 1 saturated heterocycles. The van der Waals surface area contributed by atoms with Gasteiger partial charge in [0, 0.05) is 60.4 Å². The molecule has 0 spiro atoms. The minimum Gasteiger partial charge on any atom is -0.372 e. The Balaban J connectivity index is 1.37. The summed E-state index contributed by atoms with van der Waals surface area (Å²) in [5, 5.41) is 1.12. The smallest absolute Gasteiger partial charge is 0.125 e. The van der Waals surface area contributed by atoms with E-state index in [4.69, 9.17) is 4.99 Å². The van der Waals surface area contributed by atoms with E-state index >= 15 is 0 Å². The molecule has 3 aromatic rings. The number of aliphatic imine (C=N–C) groups is 1. The Morgan fingerprint density at radius 3 is 2.67 bits per heavy atom. The molecule has 0 saturated carbocycles. The summed E-state index contributed by atoms with van der Waals surface area (Å²) in [6.07, 6.45) is 4.84. The molecule has 1 N–H and O–H groups in total. The first-order valence-corrected chi connectivity index (χ1v) is 11.0. The van der Waals surface area contributed by atoms with Crippen LogP contribution >= 0.6 is 0 Å². The minimum atomic E-state index is -0.195. The molecule has 4 nitrogen and oxygen atoms in total. The average Bonchev–Trinajstić information content (AvgIpc) is 3.12. The third-order valence-electron chi connectivity index (χ3n) is 6.58. The average molecular weight is 405 g/mol. The Morgan fingerprint density at radius 2 is 1.87 bits per heavy atom. The van der Waals surface area contributed by atoms with Crippen LogP contribution in [-0.2, 0) is 13.0 Å². The van der Waals surface area contributed by atoms with Gasteiger partial charge in [-0.15, -0.1) is 0 Å². The molecule has 0 atom stereocenters. The third-order valence-corrected chi connectivity index (χ3v) is 6.58. The van der Waals surface area contributed by atoms with Crippen molar-refractivity contribution in [2.45, 2.75) is 46.1 Å². The van der Waals surface area contributed by atoms with E-state index in [0.29, 0.717) is 0 Å². The fraction of sp³-hybridized carbons (Fsp3) is 0.400. The number of hydrogen-bond acceptors (Lipinski definition) is 2. The van der Waals surface area contributed by atoms with Gasteiger partial charge in [0.15, 0.2) is 0 Å². The van der Waals surface area contributed by atoms with Gasteiger partial charge in [-0.05, 0) is 75.1 Å². The second kappa shape index (κ2) is 7.78.